The first-order chi connectivity index (χ1) is 4.77. The molecule has 0 unspecified atom stereocenters. The molecule has 0 bridgehead atoms. The molecule has 10 heavy (non-hydrogen) atoms. The van der Waals surface area contributed by atoms with Crippen molar-refractivity contribution in [2.24, 2.45) is 11.8 Å². The standard InChI is InChI=1S/C9H17N/c1-10(2)9-4-3-7-5-8(7)6-9/h7-9H,3-6H2,1-2H3/t7-,8-,9+/m0/s1. The third-order valence-electron chi connectivity index (χ3n) is 3.24. The van der Waals surface area contributed by atoms with Crippen molar-refractivity contribution in [3.63, 3.8) is 0 Å². The summed E-state index contributed by atoms with van der Waals surface area (Å²) in [6, 6.07) is 0.906. The van der Waals surface area contributed by atoms with Crippen LogP contribution in [0.15, 0.2) is 0 Å². The highest BCUT2D eigenvalue weighted by Crippen LogP contribution is 2.50. The van der Waals surface area contributed by atoms with Gasteiger partial charge in [-0.2, -0.15) is 0 Å². The molecule has 0 aromatic heterocycles. The molecule has 0 radical (unpaired) electrons. The van der Waals surface area contributed by atoms with Gasteiger partial charge in [0.05, 0.1) is 0 Å². The van der Waals surface area contributed by atoms with E-state index in [1.54, 1.807) is 6.42 Å². The molecule has 58 valence electrons. The molecule has 0 heterocycles. The van der Waals surface area contributed by atoms with E-state index in [9.17, 15) is 0 Å². The minimum absolute atomic E-state index is 0.906. The van der Waals surface area contributed by atoms with Crippen molar-refractivity contribution in [3.8, 4) is 0 Å². The maximum Gasteiger partial charge on any atom is 0.00920 e. The first-order valence-corrected chi connectivity index (χ1v) is 4.44. The Balaban J connectivity index is 1.88. The maximum atomic E-state index is 2.40. The summed E-state index contributed by atoms with van der Waals surface area (Å²) in [5.41, 5.74) is 0. The molecule has 0 aromatic carbocycles. The van der Waals surface area contributed by atoms with Gasteiger partial charge in [0, 0.05) is 6.04 Å². The molecule has 2 saturated carbocycles. The van der Waals surface area contributed by atoms with Gasteiger partial charge in [0.15, 0.2) is 0 Å². The summed E-state index contributed by atoms with van der Waals surface area (Å²) in [5.74, 6) is 2.28. The lowest BCUT2D eigenvalue weighted by atomic mass is 9.95. The molecule has 2 aliphatic carbocycles. The Morgan fingerprint density at radius 3 is 2.40 bits per heavy atom. The molecule has 2 rings (SSSR count). The summed E-state index contributed by atoms with van der Waals surface area (Å²) in [6.07, 6.45) is 5.99. The molecule has 0 aromatic rings. The van der Waals surface area contributed by atoms with Crippen LogP contribution < -0.4 is 0 Å². The topological polar surface area (TPSA) is 3.24 Å². The SMILES string of the molecule is CN(C)[C@@H]1CC[C@H]2C[C@H]2C1. The first kappa shape index (κ1) is 6.66. The second-order valence-corrected chi connectivity index (χ2v) is 4.19. The number of hydrogen-bond donors (Lipinski definition) is 0. The van der Waals surface area contributed by atoms with E-state index in [0.717, 1.165) is 17.9 Å². The predicted molar refractivity (Wildman–Crippen MR) is 42.9 cm³/mol. The molecule has 0 amide bonds. The van der Waals surface area contributed by atoms with Gasteiger partial charge in [-0.25, -0.2) is 0 Å². The maximum absolute atomic E-state index is 2.40. The predicted octanol–water partition coefficient (Wildman–Crippen LogP) is 1.74. The fourth-order valence-electron chi connectivity index (χ4n) is 2.30. The molecule has 0 N–H and O–H groups in total. The quantitative estimate of drug-likeness (QED) is 0.535. The Labute approximate surface area is 63.4 Å². The highest BCUT2D eigenvalue weighted by atomic mass is 15.1. The molecular weight excluding hydrogens is 122 g/mol. The van der Waals surface area contributed by atoms with Crippen LogP contribution in [0.4, 0.5) is 0 Å². The fraction of sp³-hybridized carbons (Fsp3) is 1.00. The fourth-order valence-corrected chi connectivity index (χ4v) is 2.30. The Bertz CT molecular complexity index is 131. The van der Waals surface area contributed by atoms with E-state index < -0.39 is 0 Å². The average Bonchev–Trinajstić information content (AvgIpc) is 2.63. The van der Waals surface area contributed by atoms with E-state index in [1.165, 1.54) is 19.3 Å². The van der Waals surface area contributed by atoms with Crippen LogP contribution in [0.5, 0.6) is 0 Å². The van der Waals surface area contributed by atoms with E-state index in [2.05, 4.69) is 19.0 Å². The van der Waals surface area contributed by atoms with Crippen LogP contribution in [0.1, 0.15) is 25.7 Å². The van der Waals surface area contributed by atoms with Gasteiger partial charge >= 0.3 is 0 Å². The molecule has 0 aliphatic heterocycles. The highest BCUT2D eigenvalue weighted by molar-refractivity contribution is 4.94. The minimum atomic E-state index is 0.906. The number of nitrogens with zero attached hydrogens (tertiary/aromatic N) is 1. The summed E-state index contributed by atoms with van der Waals surface area (Å²) in [5, 5.41) is 0. The molecule has 0 saturated heterocycles. The van der Waals surface area contributed by atoms with Gasteiger partial charge in [0.25, 0.3) is 0 Å². The van der Waals surface area contributed by atoms with E-state index in [0.29, 0.717) is 0 Å². The summed E-state index contributed by atoms with van der Waals surface area (Å²) in [7, 11) is 4.43. The van der Waals surface area contributed by atoms with Gasteiger partial charge in [-0.1, -0.05) is 0 Å². The van der Waals surface area contributed by atoms with Crippen LogP contribution in [-0.2, 0) is 0 Å². The van der Waals surface area contributed by atoms with E-state index >= 15 is 0 Å². The van der Waals surface area contributed by atoms with Crippen molar-refractivity contribution >= 4 is 0 Å². The lowest BCUT2D eigenvalue weighted by Gasteiger charge is -2.27. The normalized spacial score (nSPS) is 45.3. The first-order valence-electron chi connectivity index (χ1n) is 4.44. The van der Waals surface area contributed by atoms with Crippen LogP contribution >= 0.6 is 0 Å². The van der Waals surface area contributed by atoms with Crippen molar-refractivity contribution in [3.05, 3.63) is 0 Å². The Morgan fingerprint density at radius 2 is 1.80 bits per heavy atom. The van der Waals surface area contributed by atoms with E-state index in [1.807, 2.05) is 0 Å². The van der Waals surface area contributed by atoms with E-state index in [4.69, 9.17) is 0 Å². The molecule has 1 heteroatoms. The zero-order valence-corrected chi connectivity index (χ0v) is 7.01. The minimum Gasteiger partial charge on any atom is -0.306 e. The van der Waals surface area contributed by atoms with Gasteiger partial charge in [-0.05, 0) is 51.6 Å². The molecule has 2 fully saturated rings. The van der Waals surface area contributed by atoms with Crippen LogP contribution in [0.2, 0.25) is 0 Å². The van der Waals surface area contributed by atoms with Gasteiger partial charge in [0.1, 0.15) is 0 Å². The zero-order valence-electron chi connectivity index (χ0n) is 7.01. The highest BCUT2D eigenvalue weighted by Gasteiger charge is 2.42. The largest absolute Gasteiger partial charge is 0.306 e. The second-order valence-electron chi connectivity index (χ2n) is 4.19. The van der Waals surface area contributed by atoms with Crippen molar-refractivity contribution in [1.29, 1.82) is 0 Å². The third kappa shape index (κ3) is 1.07. The second kappa shape index (κ2) is 2.23. The van der Waals surface area contributed by atoms with Crippen LogP contribution in [-0.4, -0.2) is 25.0 Å². The lowest BCUT2D eigenvalue weighted by molar-refractivity contribution is 0.222. The Hall–Kier alpha value is -0.0400. The van der Waals surface area contributed by atoms with Crippen molar-refractivity contribution < 1.29 is 0 Å². The zero-order chi connectivity index (χ0) is 7.14. The number of rotatable bonds is 1. The van der Waals surface area contributed by atoms with Gasteiger partial charge in [-0.15, -0.1) is 0 Å². The lowest BCUT2D eigenvalue weighted by Crippen LogP contribution is -2.30. The van der Waals surface area contributed by atoms with Gasteiger partial charge in [0.2, 0.25) is 0 Å². The van der Waals surface area contributed by atoms with Crippen molar-refractivity contribution in [2.75, 3.05) is 14.1 Å². The molecule has 1 nitrogen and oxygen atoms in total. The smallest absolute Gasteiger partial charge is 0.00920 e. The van der Waals surface area contributed by atoms with Gasteiger partial charge < -0.3 is 4.90 Å². The van der Waals surface area contributed by atoms with Crippen LogP contribution in [0, 0.1) is 11.8 Å². The molecule has 3 atom stereocenters. The Morgan fingerprint density at radius 1 is 1.00 bits per heavy atom. The van der Waals surface area contributed by atoms with Crippen LogP contribution in [0.25, 0.3) is 0 Å². The van der Waals surface area contributed by atoms with E-state index in [-0.39, 0.29) is 0 Å². The van der Waals surface area contributed by atoms with Crippen molar-refractivity contribution in [2.45, 2.75) is 31.7 Å². The van der Waals surface area contributed by atoms with Gasteiger partial charge in [-0.3, -0.25) is 0 Å². The third-order valence-corrected chi connectivity index (χ3v) is 3.24. The number of fused-ring (bicyclic) bond motifs is 1. The number of hydrogen-bond acceptors (Lipinski definition) is 1. The average molecular weight is 139 g/mol. The Kier molecular flexibility index (Phi) is 1.48. The monoisotopic (exact) mass is 139 g/mol. The molecule has 0 spiro atoms. The summed E-state index contributed by atoms with van der Waals surface area (Å²) < 4.78 is 0. The summed E-state index contributed by atoms with van der Waals surface area (Å²) in [6.45, 7) is 0. The summed E-state index contributed by atoms with van der Waals surface area (Å²) >= 11 is 0. The summed E-state index contributed by atoms with van der Waals surface area (Å²) in [4.78, 5) is 2.40. The van der Waals surface area contributed by atoms with Crippen molar-refractivity contribution in [1.82, 2.24) is 4.90 Å². The van der Waals surface area contributed by atoms with Crippen LogP contribution in [0.3, 0.4) is 0 Å². The molecule has 2 aliphatic rings. The molecular formula is C9H17N.